The molecule has 28 heavy (non-hydrogen) atoms. The Bertz CT molecular complexity index is 627. The van der Waals surface area contributed by atoms with Gasteiger partial charge in [0, 0.05) is 0 Å². The van der Waals surface area contributed by atoms with Gasteiger partial charge in [-0.3, -0.25) is 4.79 Å². The summed E-state index contributed by atoms with van der Waals surface area (Å²) in [5.41, 5.74) is 0.385. The molecule has 4 saturated carbocycles. The Balaban J connectivity index is 1.71. The predicted octanol–water partition coefficient (Wildman–Crippen LogP) is 5.74. The maximum atomic E-state index is 12.4. The highest BCUT2D eigenvalue weighted by Gasteiger charge is 2.65. The van der Waals surface area contributed by atoms with Crippen molar-refractivity contribution in [1.29, 1.82) is 0 Å². The number of carbonyl (C=O) groups is 1. The quantitative estimate of drug-likeness (QED) is 0.612. The van der Waals surface area contributed by atoms with Gasteiger partial charge >= 0.3 is 5.97 Å². The summed E-state index contributed by atoms with van der Waals surface area (Å²) in [6.45, 7) is 9.57. The monoisotopic (exact) mass is 390 g/mol. The number of aliphatic hydroxyl groups is 1. The molecule has 4 aliphatic rings. The highest BCUT2D eigenvalue weighted by atomic mass is 16.5. The minimum Gasteiger partial charge on any atom is -0.469 e. The lowest BCUT2D eigenvalue weighted by Gasteiger charge is -2.66. The maximum absolute atomic E-state index is 12.4. The van der Waals surface area contributed by atoms with E-state index in [0.717, 1.165) is 32.1 Å². The second kappa shape index (κ2) is 6.72. The van der Waals surface area contributed by atoms with Crippen LogP contribution in [-0.2, 0) is 9.53 Å². The Morgan fingerprint density at radius 1 is 0.964 bits per heavy atom. The molecule has 3 heteroatoms. The number of ether oxygens (including phenoxy) is 1. The molecular formula is C25H42O3. The van der Waals surface area contributed by atoms with Crippen molar-refractivity contribution in [2.24, 2.45) is 39.9 Å². The van der Waals surface area contributed by atoms with Crippen LogP contribution in [0.5, 0.6) is 0 Å². The number of esters is 1. The zero-order valence-electron chi connectivity index (χ0n) is 18.9. The Hall–Kier alpha value is -0.570. The number of hydrogen-bond donors (Lipinski definition) is 1. The van der Waals surface area contributed by atoms with Crippen molar-refractivity contribution in [3.63, 3.8) is 0 Å². The fourth-order valence-electron chi connectivity index (χ4n) is 8.84. The van der Waals surface area contributed by atoms with E-state index in [9.17, 15) is 9.90 Å². The summed E-state index contributed by atoms with van der Waals surface area (Å²) in [7, 11) is 1.53. The van der Waals surface area contributed by atoms with Crippen LogP contribution >= 0.6 is 0 Å². The van der Waals surface area contributed by atoms with Gasteiger partial charge in [-0.1, -0.05) is 40.5 Å². The largest absolute Gasteiger partial charge is 0.469 e. The minimum atomic E-state index is -0.431. The molecular weight excluding hydrogens is 348 g/mol. The number of methoxy groups -OCH3 is 1. The van der Waals surface area contributed by atoms with Crippen molar-refractivity contribution < 1.29 is 14.6 Å². The lowest BCUT2D eigenvalue weighted by atomic mass is 9.39. The van der Waals surface area contributed by atoms with Gasteiger partial charge in [0.15, 0.2) is 0 Å². The molecule has 7 atom stereocenters. The van der Waals surface area contributed by atoms with Crippen molar-refractivity contribution in [3.05, 3.63) is 0 Å². The van der Waals surface area contributed by atoms with E-state index in [4.69, 9.17) is 4.74 Å². The first kappa shape index (κ1) is 20.7. The standard InChI is InChI=1S/C25H42O3/c1-17(21(26)28-5)18-9-10-19-20-8-6-7-11-24(27)14-12-22(2,3)25(20,16-24)15-13-23(18,19)4/h17-20,27H,6-16H2,1-5H3/t17-,18?,19?,20?,23+,24-,25+/m0/s1. The van der Waals surface area contributed by atoms with Crippen molar-refractivity contribution in [1.82, 2.24) is 0 Å². The lowest BCUT2D eigenvalue weighted by molar-refractivity contribution is -0.198. The molecule has 4 aliphatic carbocycles. The highest BCUT2D eigenvalue weighted by Crippen LogP contribution is 2.72. The van der Waals surface area contributed by atoms with Crippen LogP contribution in [0.3, 0.4) is 0 Å². The molecule has 0 aromatic heterocycles. The predicted molar refractivity (Wildman–Crippen MR) is 112 cm³/mol. The Morgan fingerprint density at radius 2 is 1.71 bits per heavy atom. The van der Waals surface area contributed by atoms with Crippen LogP contribution in [0.4, 0.5) is 0 Å². The molecule has 2 bridgehead atoms. The van der Waals surface area contributed by atoms with Gasteiger partial charge in [0.05, 0.1) is 18.6 Å². The molecule has 4 fully saturated rings. The smallest absolute Gasteiger partial charge is 0.308 e. The summed E-state index contributed by atoms with van der Waals surface area (Å²) in [6.07, 6.45) is 12.8. The van der Waals surface area contributed by atoms with E-state index in [1.165, 1.54) is 45.6 Å². The summed E-state index contributed by atoms with van der Waals surface area (Å²) in [5, 5.41) is 11.5. The third-order valence-electron chi connectivity index (χ3n) is 10.6. The molecule has 0 saturated heterocycles. The van der Waals surface area contributed by atoms with Gasteiger partial charge in [-0.2, -0.15) is 0 Å². The van der Waals surface area contributed by atoms with Crippen LogP contribution in [0, 0.1) is 39.9 Å². The molecule has 0 aliphatic heterocycles. The van der Waals surface area contributed by atoms with Crippen molar-refractivity contribution in [2.75, 3.05) is 7.11 Å². The van der Waals surface area contributed by atoms with E-state index in [-0.39, 0.29) is 22.7 Å². The second-order valence-electron chi connectivity index (χ2n) is 11.9. The zero-order chi connectivity index (χ0) is 20.4. The third-order valence-corrected chi connectivity index (χ3v) is 10.6. The summed E-state index contributed by atoms with van der Waals surface area (Å²) in [4.78, 5) is 12.4. The molecule has 0 radical (unpaired) electrons. The molecule has 160 valence electrons. The van der Waals surface area contributed by atoms with Crippen LogP contribution in [0.1, 0.15) is 98.3 Å². The summed E-state index contributed by atoms with van der Waals surface area (Å²) < 4.78 is 5.13. The number of carbonyl (C=O) groups excluding carboxylic acids is 1. The average Bonchev–Trinajstić information content (AvgIpc) is 2.98. The first-order valence-electron chi connectivity index (χ1n) is 11.9. The Labute approximate surface area is 172 Å². The first-order chi connectivity index (χ1) is 13.1. The van der Waals surface area contributed by atoms with Gasteiger partial charge in [0.2, 0.25) is 0 Å². The molecule has 4 rings (SSSR count). The summed E-state index contributed by atoms with van der Waals surface area (Å²) >= 11 is 0. The number of hydrogen-bond acceptors (Lipinski definition) is 3. The van der Waals surface area contributed by atoms with E-state index < -0.39 is 5.60 Å². The molecule has 0 amide bonds. The Kier molecular flexibility index (Phi) is 4.97. The van der Waals surface area contributed by atoms with Gasteiger partial charge in [0.1, 0.15) is 0 Å². The highest BCUT2D eigenvalue weighted by molar-refractivity contribution is 5.72. The minimum absolute atomic E-state index is 0.00101. The van der Waals surface area contributed by atoms with E-state index in [2.05, 4.69) is 27.7 Å². The topological polar surface area (TPSA) is 46.5 Å². The molecule has 0 aromatic carbocycles. The number of rotatable bonds is 2. The van der Waals surface area contributed by atoms with Crippen LogP contribution in [0.15, 0.2) is 0 Å². The molecule has 0 heterocycles. The van der Waals surface area contributed by atoms with Crippen LogP contribution in [0.25, 0.3) is 0 Å². The van der Waals surface area contributed by atoms with E-state index in [1.807, 2.05) is 0 Å². The molecule has 1 spiro atoms. The summed E-state index contributed by atoms with van der Waals surface area (Å²) in [6, 6.07) is 0. The molecule has 0 aromatic rings. The van der Waals surface area contributed by atoms with Gasteiger partial charge in [-0.15, -0.1) is 0 Å². The van der Waals surface area contributed by atoms with E-state index in [0.29, 0.717) is 23.2 Å². The van der Waals surface area contributed by atoms with Crippen molar-refractivity contribution in [3.8, 4) is 0 Å². The van der Waals surface area contributed by atoms with Gasteiger partial charge in [0.25, 0.3) is 0 Å². The average molecular weight is 391 g/mol. The summed E-state index contributed by atoms with van der Waals surface area (Å²) in [5.74, 6) is 1.80. The Morgan fingerprint density at radius 3 is 2.43 bits per heavy atom. The fourth-order valence-corrected chi connectivity index (χ4v) is 8.84. The van der Waals surface area contributed by atoms with E-state index >= 15 is 0 Å². The SMILES string of the molecule is COC(=O)[C@@H](C)C1CCC2C3CCCC[C@]4(O)CCC(C)(C)[C@]3(CC[C@@]21C)C4. The lowest BCUT2D eigenvalue weighted by Crippen LogP contribution is -2.60. The molecule has 3 nitrogen and oxygen atoms in total. The fraction of sp³-hybridized carbons (Fsp3) is 0.960. The third kappa shape index (κ3) is 2.81. The van der Waals surface area contributed by atoms with Gasteiger partial charge < -0.3 is 9.84 Å². The maximum Gasteiger partial charge on any atom is 0.308 e. The van der Waals surface area contributed by atoms with Crippen molar-refractivity contribution >= 4 is 5.97 Å². The van der Waals surface area contributed by atoms with Gasteiger partial charge in [-0.05, 0) is 91.8 Å². The van der Waals surface area contributed by atoms with Crippen molar-refractivity contribution in [2.45, 2.75) is 104 Å². The molecule has 3 unspecified atom stereocenters. The molecule has 1 N–H and O–H groups in total. The normalized spacial score (nSPS) is 48.6. The van der Waals surface area contributed by atoms with Crippen LogP contribution in [-0.4, -0.2) is 23.8 Å². The number of fused-ring (bicyclic) bond motifs is 3. The zero-order valence-corrected chi connectivity index (χ0v) is 18.9. The second-order valence-corrected chi connectivity index (χ2v) is 11.9. The first-order valence-corrected chi connectivity index (χ1v) is 11.9. The van der Waals surface area contributed by atoms with Gasteiger partial charge in [-0.25, -0.2) is 0 Å². The van der Waals surface area contributed by atoms with Crippen LogP contribution in [0.2, 0.25) is 0 Å². The van der Waals surface area contributed by atoms with E-state index in [1.54, 1.807) is 0 Å². The van der Waals surface area contributed by atoms with Crippen LogP contribution < -0.4 is 0 Å².